The number of ether oxygens (including phenoxy) is 1. The molecule has 0 spiro atoms. The van der Waals surface area contributed by atoms with Crippen molar-refractivity contribution in [3.63, 3.8) is 0 Å². The lowest BCUT2D eigenvalue weighted by molar-refractivity contribution is -0.136. The second-order valence-electron chi connectivity index (χ2n) is 4.29. The summed E-state index contributed by atoms with van der Waals surface area (Å²) in [5.74, 6) is -2.50. The highest BCUT2D eigenvalue weighted by Crippen LogP contribution is 2.28. The van der Waals surface area contributed by atoms with Gasteiger partial charge in [0.2, 0.25) is 11.6 Å². The molecule has 102 valence electrons. The van der Waals surface area contributed by atoms with Crippen molar-refractivity contribution in [2.45, 2.75) is 6.92 Å². The van der Waals surface area contributed by atoms with Gasteiger partial charge in [-0.05, 0) is 13.0 Å². The molecule has 2 rings (SSSR count). The third-order valence-electron chi connectivity index (χ3n) is 3.00. The fourth-order valence-corrected chi connectivity index (χ4v) is 1.96. The van der Waals surface area contributed by atoms with E-state index in [4.69, 9.17) is 0 Å². The molecule has 0 aromatic heterocycles. The lowest BCUT2D eigenvalue weighted by Crippen LogP contribution is -2.23. The van der Waals surface area contributed by atoms with Crippen LogP contribution in [0.3, 0.4) is 0 Å². The van der Waals surface area contributed by atoms with E-state index in [1.165, 1.54) is 26.2 Å². The van der Waals surface area contributed by atoms with Crippen LogP contribution in [0, 0.1) is 0 Å². The topological polar surface area (TPSA) is 80.7 Å². The first-order valence-corrected chi connectivity index (χ1v) is 5.85. The zero-order valence-electron chi connectivity index (χ0n) is 11.0. The standard InChI is InChI=1S/C15H12O5/c1-8(15(19)20-2)7-11-12(16)9-5-3-4-6-10(9)13(17)14(11)18/h3-7,16H,1-2H3/b8-7+. The normalized spacial score (nSPS) is 15.2. The fraction of sp³-hybridized carbons (Fsp3) is 0.133. The molecule has 0 heterocycles. The van der Waals surface area contributed by atoms with Crippen LogP contribution in [0.1, 0.15) is 22.8 Å². The van der Waals surface area contributed by atoms with Crippen LogP contribution in [0.25, 0.3) is 5.76 Å². The number of ketones is 2. The third kappa shape index (κ3) is 2.14. The van der Waals surface area contributed by atoms with E-state index in [1.807, 2.05) is 0 Å². The lowest BCUT2D eigenvalue weighted by Gasteiger charge is -2.15. The Balaban J connectivity index is 2.61. The summed E-state index contributed by atoms with van der Waals surface area (Å²) in [5, 5.41) is 10.1. The third-order valence-corrected chi connectivity index (χ3v) is 3.00. The molecule has 0 fully saturated rings. The number of hydrogen-bond donors (Lipinski definition) is 1. The zero-order valence-corrected chi connectivity index (χ0v) is 11.0. The molecule has 0 atom stereocenters. The van der Waals surface area contributed by atoms with E-state index in [9.17, 15) is 19.5 Å². The zero-order chi connectivity index (χ0) is 14.9. The molecular formula is C15H12O5. The summed E-state index contributed by atoms with van der Waals surface area (Å²) in [4.78, 5) is 35.3. The molecule has 0 amide bonds. The van der Waals surface area contributed by atoms with Crippen LogP contribution in [0.5, 0.6) is 0 Å². The molecule has 5 heteroatoms. The van der Waals surface area contributed by atoms with Crippen LogP contribution in [-0.2, 0) is 14.3 Å². The first-order valence-electron chi connectivity index (χ1n) is 5.85. The first-order chi connectivity index (χ1) is 9.47. The molecule has 20 heavy (non-hydrogen) atoms. The molecule has 1 aromatic carbocycles. The molecule has 5 nitrogen and oxygen atoms in total. The Morgan fingerprint density at radius 2 is 1.75 bits per heavy atom. The highest BCUT2D eigenvalue weighted by atomic mass is 16.5. The average molecular weight is 272 g/mol. The fourth-order valence-electron chi connectivity index (χ4n) is 1.96. The Morgan fingerprint density at radius 1 is 1.15 bits per heavy atom. The maximum atomic E-state index is 12.0. The lowest BCUT2D eigenvalue weighted by atomic mass is 9.88. The molecule has 0 saturated carbocycles. The molecule has 1 aliphatic carbocycles. The monoisotopic (exact) mass is 272 g/mol. The molecule has 0 bridgehead atoms. The van der Waals surface area contributed by atoms with Gasteiger partial charge < -0.3 is 9.84 Å². The van der Waals surface area contributed by atoms with E-state index in [0.29, 0.717) is 0 Å². The molecule has 0 unspecified atom stereocenters. The maximum absolute atomic E-state index is 12.0. The number of rotatable bonds is 2. The molecule has 1 N–H and O–H groups in total. The number of aliphatic hydroxyl groups is 1. The summed E-state index contributed by atoms with van der Waals surface area (Å²) in [7, 11) is 1.21. The maximum Gasteiger partial charge on any atom is 0.333 e. The number of hydrogen-bond acceptors (Lipinski definition) is 5. The van der Waals surface area contributed by atoms with Gasteiger partial charge in [-0.15, -0.1) is 0 Å². The second kappa shape index (κ2) is 5.13. The van der Waals surface area contributed by atoms with Crippen LogP contribution in [0.4, 0.5) is 0 Å². The minimum Gasteiger partial charge on any atom is -0.507 e. The van der Waals surface area contributed by atoms with Crippen LogP contribution >= 0.6 is 0 Å². The minimum absolute atomic E-state index is 0.120. The molecule has 0 saturated heterocycles. The minimum atomic E-state index is -0.843. The van der Waals surface area contributed by atoms with Crippen molar-refractivity contribution in [3.05, 3.63) is 52.6 Å². The van der Waals surface area contributed by atoms with Crippen molar-refractivity contribution >= 4 is 23.3 Å². The molecule has 0 radical (unpaired) electrons. The van der Waals surface area contributed by atoms with Gasteiger partial charge in [0, 0.05) is 16.7 Å². The number of aliphatic hydroxyl groups excluding tert-OH is 1. The molecule has 0 aliphatic heterocycles. The van der Waals surface area contributed by atoms with Crippen molar-refractivity contribution in [2.24, 2.45) is 0 Å². The highest BCUT2D eigenvalue weighted by molar-refractivity contribution is 6.52. The van der Waals surface area contributed by atoms with E-state index < -0.39 is 17.5 Å². The van der Waals surface area contributed by atoms with Gasteiger partial charge in [-0.25, -0.2) is 4.79 Å². The Kier molecular flexibility index (Phi) is 3.52. The summed E-state index contributed by atoms with van der Waals surface area (Å²) in [6.07, 6.45) is 1.16. The average Bonchev–Trinajstić information content (AvgIpc) is 2.48. The number of fused-ring (bicyclic) bond motifs is 1. The number of Topliss-reactive ketones (excluding diaryl/α,β-unsaturated/α-hetero) is 2. The smallest absolute Gasteiger partial charge is 0.333 e. The SMILES string of the molecule is COC(=O)/C(C)=C/C1=C(O)c2ccccc2C(=O)C1=O. The quantitative estimate of drug-likeness (QED) is 0.504. The Bertz CT molecular complexity index is 679. The van der Waals surface area contributed by atoms with Crippen molar-refractivity contribution in [3.8, 4) is 0 Å². The van der Waals surface area contributed by atoms with Crippen molar-refractivity contribution in [2.75, 3.05) is 7.11 Å². The predicted molar refractivity (Wildman–Crippen MR) is 71.1 cm³/mol. The second-order valence-corrected chi connectivity index (χ2v) is 4.29. The van der Waals surface area contributed by atoms with Crippen molar-refractivity contribution in [1.82, 2.24) is 0 Å². The molecule has 1 aromatic rings. The van der Waals surface area contributed by atoms with Gasteiger partial charge >= 0.3 is 5.97 Å². The summed E-state index contributed by atoms with van der Waals surface area (Å²) in [6, 6.07) is 6.26. The number of esters is 1. The molecular weight excluding hydrogens is 260 g/mol. The van der Waals surface area contributed by atoms with Gasteiger partial charge in [0.25, 0.3) is 0 Å². The van der Waals surface area contributed by atoms with E-state index in [1.54, 1.807) is 12.1 Å². The molecule has 1 aliphatic rings. The van der Waals surface area contributed by atoms with Crippen molar-refractivity contribution < 1.29 is 24.2 Å². The van der Waals surface area contributed by atoms with Gasteiger partial charge in [-0.1, -0.05) is 24.3 Å². The van der Waals surface area contributed by atoms with Crippen LogP contribution in [0.2, 0.25) is 0 Å². The first kappa shape index (κ1) is 13.7. The predicted octanol–water partition coefficient (Wildman–Crippen LogP) is 1.84. The van der Waals surface area contributed by atoms with Crippen LogP contribution < -0.4 is 0 Å². The van der Waals surface area contributed by atoms with E-state index in [-0.39, 0.29) is 28.0 Å². The summed E-state index contributed by atoms with van der Waals surface area (Å²) < 4.78 is 4.51. The summed E-state index contributed by atoms with van der Waals surface area (Å²) in [5.41, 5.74) is 0.357. The Hall–Kier alpha value is -2.69. The van der Waals surface area contributed by atoms with Gasteiger partial charge in [-0.3, -0.25) is 9.59 Å². The van der Waals surface area contributed by atoms with E-state index in [0.717, 1.165) is 6.08 Å². The number of carbonyl (C=O) groups is 3. The van der Waals surface area contributed by atoms with E-state index in [2.05, 4.69) is 4.74 Å². The van der Waals surface area contributed by atoms with E-state index >= 15 is 0 Å². The summed E-state index contributed by atoms with van der Waals surface area (Å²) >= 11 is 0. The Labute approximate surface area is 115 Å². The largest absolute Gasteiger partial charge is 0.507 e. The van der Waals surface area contributed by atoms with Crippen LogP contribution in [-0.4, -0.2) is 29.8 Å². The highest BCUT2D eigenvalue weighted by Gasteiger charge is 2.31. The summed E-state index contributed by atoms with van der Waals surface area (Å²) in [6.45, 7) is 1.43. The van der Waals surface area contributed by atoms with Crippen molar-refractivity contribution in [1.29, 1.82) is 0 Å². The number of benzene rings is 1. The van der Waals surface area contributed by atoms with Crippen LogP contribution in [0.15, 0.2) is 41.5 Å². The Morgan fingerprint density at radius 3 is 2.35 bits per heavy atom. The van der Waals surface area contributed by atoms with Gasteiger partial charge in [0.05, 0.1) is 12.7 Å². The number of allylic oxidation sites excluding steroid dienone is 2. The van der Waals surface area contributed by atoms with Gasteiger partial charge in [-0.2, -0.15) is 0 Å². The van der Waals surface area contributed by atoms with Gasteiger partial charge in [0.15, 0.2) is 0 Å². The number of carbonyl (C=O) groups excluding carboxylic acids is 3. The number of methoxy groups -OCH3 is 1. The van der Waals surface area contributed by atoms with Gasteiger partial charge in [0.1, 0.15) is 5.76 Å².